The van der Waals surface area contributed by atoms with Gasteiger partial charge in [-0.3, -0.25) is 4.79 Å². The van der Waals surface area contributed by atoms with Gasteiger partial charge in [0, 0.05) is 0 Å². The van der Waals surface area contributed by atoms with E-state index >= 15 is 0 Å². The molecule has 1 aromatic carbocycles. The number of carbonyl (C=O) groups is 1. The number of rotatable bonds is 6. The molecule has 1 aromatic rings. The zero-order chi connectivity index (χ0) is 11.1. The summed E-state index contributed by atoms with van der Waals surface area (Å²) in [4.78, 5) is 10.2. The maximum atomic E-state index is 10.2. The van der Waals surface area contributed by atoms with Crippen molar-refractivity contribution in [2.45, 2.75) is 26.4 Å². The van der Waals surface area contributed by atoms with Crippen LogP contribution < -0.4 is 0 Å². The molecule has 0 saturated heterocycles. The fourth-order valence-electron chi connectivity index (χ4n) is 1.29. The van der Waals surface area contributed by atoms with E-state index in [4.69, 9.17) is 9.84 Å². The molecule has 0 amide bonds. The van der Waals surface area contributed by atoms with Gasteiger partial charge in [-0.25, -0.2) is 0 Å². The minimum atomic E-state index is -0.822. The summed E-state index contributed by atoms with van der Waals surface area (Å²) in [7, 11) is 0. The molecule has 0 saturated carbocycles. The molecule has 0 aliphatic rings. The highest BCUT2D eigenvalue weighted by Crippen LogP contribution is 2.07. The Hall–Kier alpha value is -1.35. The number of ether oxygens (including phenoxy) is 1. The number of hydrogen-bond donors (Lipinski definition) is 1. The third-order valence-electron chi connectivity index (χ3n) is 2.13. The molecule has 15 heavy (non-hydrogen) atoms. The monoisotopic (exact) mass is 208 g/mol. The van der Waals surface area contributed by atoms with Crippen LogP contribution in [0.1, 0.15) is 24.5 Å². The molecule has 0 radical (unpaired) electrons. The van der Waals surface area contributed by atoms with Gasteiger partial charge >= 0.3 is 5.97 Å². The molecule has 3 nitrogen and oxygen atoms in total. The van der Waals surface area contributed by atoms with Gasteiger partial charge in [-0.05, 0) is 17.5 Å². The Kier molecular flexibility index (Phi) is 4.84. The lowest BCUT2D eigenvalue weighted by Crippen LogP contribution is -2.02. The standard InChI is InChI=1S/C12H16O3/c1-2-10-4-3-5-11(8-10)9-15-7-6-12(13)14/h3-5,8H,2,6-7,9H2,1H3,(H,13,14). The number of benzene rings is 1. The predicted octanol–water partition coefficient (Wildman–Crippen LogP) is 2.24. The average Bonchev–Trinajstić information content (AvgIpc) is 2.24. The summed E-state index contributed by atoms with van der Waals surface area (Å²) in [6.45, 7) is 2.86. The second kappa shape index (κ2) is 6.19. The summed E-state index contributed by atoms with van der Waals surface area (Å²) in [6.07, 6.45) is 1.07. The fraction of sp³-hybridized carbons (Fsp3) is 0.417. The fourth-order valence-corrected chi connectivity index (χ4v) is 1.29. The molecule has 0 heterocycles. The molecule has 82 valence electrons. The molecule has 0 unspecified atom stereocenters. The van der Waals surface area contributed by atoms with E-state index in [0.29, 0.717) is 6.61 Å². The zero-order valence-corrected chi connectivity index (χ0v) is 8.90. The first kappa shape index (κ1) is 11.7. The topological polar surface area (TPSA) is 46.5 Å². The number of carboxylic acid groups (broad SMARTS) is 1. The van der Waals surface area contributed by atoms with Crippen LogP contribution in [-0.2, 0) is 22.6 Å². The largest absolute Gasteiger partial charge is 0.481 e. The van der Waals surface area contributed by atoms with Gasteiger partial charge in [0.15, 0.2) is 0 Å². The third kappa shape index (κ3) is 4.61. The molecule has 0 fully saturated rings. The Bertz CT molecular complexity index is 320. The van der Waals surface area contributed by atoms with Crippen LogP contribution in [0.25, 0.3) is 0 Å². The van der Waals surface area contributed by atoms with Crippen molar-refractivity contribution in [1.29, 1.82) is 0 Å². The van der Waals surface area contributed by atoms with Gasteiger partial charge in [-0.1, -0.05) is 31.2 Å². The summed E-state index contributed by atoms with van der Waals surface area (Å²) in [5.74, 6) is -0.822. The van der Waals surface area contributed by atoms with Crippen LogP contribution in [0.5, 0.6) is 0 Å². The minimum Gasteiger partial charge on any atom is -0.481 e. The molecule has 3 heteroatoms. The van der Waals surface area contributed by atoms with Gasteiger partial charge in [-0.2, -0.15) is 0 Å². The zero-order valence-electron chi connectivity index (χ0n) is 8.90. The highest BCUT2D eigenvalue weighted by Gasteiger charge is 1.98. The normalized spacial score (nSPS) is 10.2. The van der Waals surface area contributed by atoms with Crippen LogP contribution in [0.2, 0.25) is 0 Å². The molecular weight excluding hydrogens is 192 g/mol. The van der Waals surface area contributed by atoms with Crippen LogP contribution in [-0.4, -0.2) is 17.7 Å². The lowest BCUT2D eigenvalue weighted by Gasteiger charge is -2.04. The van der Waals surface area contributed by atoms with E-state index in [-0.39, 0.29) is 13.0 Å². The summed E-state index contributed by atoms with van der Waals surface area (Å²) in [5.41, 5.74) is 2.37. The number of aryl methyl sites for hydroxylation is 1. The molecule has 1 N–H and O–H groups in total. The van der Waals surface area contributed by atoms with E-state index in [9.17, 15) is 4.79 Å². The number of carboxylic acids is 1. The van der Waals surface area contributed by atoms with E-state index in [1.807, 2.05) is 12.1 Å². The molecule has 0 bridgehead atoms. The van der Waals surface area contributed by atoms with E-state index in [1.54, 1.807) is 0 Å². The molecular formula is C12H16O3. The predicted molar refractivity (Wildman–Crippen MR) is 57.7 cm³/mol. The van der Waals surface area contributed by atoms with Crippen molar-refractivity contribution < 1.29 is 14.6 Å². The second-order valence-electron chi connectivity index (χ2n) is 3.37. The summed E-state index contributed by atoms with van der Waals surface area (Å²) in [6, 6.07) is 8.14. The molecule has 0 aliphatic heterocycles. The van der Waals surface area contributed by atoms with Crippen molar-refractivity contribution in [2.24, 2.45) is 0 Å². The van der Waals surface area contributed by atoms with Crippen molar-refractivity contribution in [3.05, 3.63) is 35.4 Å². The van der Waals surface area contributed by atoms with E-state index in [0.717, 1.165) is 12.0 Å². The van der Waals surface area contributed by atoms with Gasteiger partial charge in [0.1, 0.15) is 0 Å². The first-order valence-corrected chi connectivity index (χ1v) is 5.09. The van der Waals surface area contributed by atoms with Crippen LogP contribution in [0.4, 0.5) is 0 Å². The van der Waals surface area contributed by atoms with Gasteiger partial charge in [0.05, 0.1) is 19.6 Å². The molecule has 1 rings (SSSR count). The third-order valence-corrected chi connectivity index (χ3v) is 2.13. The van der Waals surface area contributed by atoms with Gasteiger partial charge in [-0.15, -0.1) is 0 Å². The summed E-state index contributed by atoms with van der Waals surface area (Å²) >= 11 is 0. The maximum Gasteiger partial charge on any atom is 0.305 e. The smallest absolute Gasteiger partial charge is 0.305 e. The Morgan fingerprint density at radius 1 is 1.40 bits per heavy atom. The van der Waals surface area contributed by atoms with E-state index in [1.165, 1.54) is 5.56 Å². The molecule has 0 spiro atoms. The van der Waals surface area contributed by atoms with E-state index < -0.39 is 5.97 Å². The summed E-state index contributed by atoms with van der Waals surface area (Å²) in [5, 5.41) is 8.41. The Balaban J connectivity index is 2.33. The first-order valence-electron chi connectivity index (χ1n) is 5.09. The van der Waals surface area contributed by atoms with Crippen molar-refractivity contribution in [3.8, 4) is 0 Å². The van der Waals surface area contributed by atoms with Crippen molar-refractivity contribution in [1.82, 2.24) is 0 Å². The van der Waals surface area contributed by atoms with Gasteiger partial charge in [0.2, 0.25) is 0 Å². The van der Waals surface area contributed by atoms with Crippen molar-refractivity contribution >= 4 is 5.97 Å². The molecule has 0 aliphatic carbocycles. The second-order valence-corrected chi connectivity index (χ2v) is 3.37. The SMILES string of the molecule is CCc1cccc(COCCC(=O)O)c1. The van der Waals surface area contributed by atoms with Crippen LogP contribution >= 0.6 is 0 Å². The van der Waals surface area contributed by atoms with E-state index in [2.05, 4.69) is 19.1 Å². The summed E-state index contributed by atoms with van der Waals surface area (Å²) < 4.78 is 5.25. The van der Waals surface area contributed by atoms with Gasteiger partial charge < -0.3 is 9.84 Å². The van der Waals surface area contributed by atoms with Crippen molar-refractivity contribution in [3.63, 3.8) is 0 Å². The number of hydrogen-bond acceptors (Lipinski definition) is 2. The van der Waals surface area contributed by atoms with Crippen molar-refractivity contribution in [2.75, 3.05) is 6.61 Å². The lowest BCUT2D eigenvalue weighted by molar-refractivity contribution is -0.138. The maximum absolute atomic E-state index is 10.2. The lowest BCUT2D eigenvalue weighted by atomic mass is 10.1. The quantitative estimate of drug-likeness (QED) is 0.729. The molecule has 0 atom stereocenters. The average molecular weight is 208 g/mol. The molecule has 0 aromatic heterocycles. The highest BCUT2D eigenvalue weighted by molar-refractivity contribution is 5.66. The van der Waals surface area contributed by atoms with Crippen LogP contribution in [0, 0.1) is 0 Å². The Labute approximate surface area is 89.7 Å². The number of aliphatic carboxylic acids is 1. The van der Waals surface area contributed by atoms with Crippen LogP contribution in [0.15, 0.2) is 24.3 Å². The minimum absolute atomic E-state index is 0.0630. The Morgan fingerprint density at radius 2 is 2.13 bits per heavy atom. The van der Waals surface area contributed by atoms with Gasteiger partial charge in [0.25, 0.3) is 0 Å². The Morgan fingerprint density at radius 3 is 2.80 bits per heavy atom. The highest BCUT2D eigenvalue weighted by atomic mass is 16.5. The first-order chi connectivity index (χ1) is 7.22. The van der Waals surface area contributed by atoms with Crippen LogP contribution in [0.3, 0.4) is 0 Å².